The number of fused-ring (bicyclic) bond motifs is 1. The van der Waals surface area contributed by atoms with Crippen molar-refractivity contribution in [3.63, 3.8) is 0 Å². The van der Waals surface area contributed by atoms with E-state index in [2.05, 4.69) is 4.98 Å². The molecule has 0 unspecified atom stereocenters. The lowest BCUT2D eigenvalue weighted by Crippen LogP contribution is -2.36. The van der Waals surface area contributed by atoms with Crippen LogP contribution in [0.25, 0.3) is 0 Å². The molecular formula is C17H23NO5. The summed E-state index contributed by atoms with van der Waals surface area (Å²) in [5, 5.41) is 0. The number of methoxy groups -OCH3 is 1. The van der Waals surface area contributed by atoms with Gasteiger partial charge in [-0.2, -0.15) is 0 Å². The Kier molecular flexibility index (Phi) is 4.92. The van der Waals surface area contributed by atoms with E-state index >= 15 is 0 Å². The second-order valence-electron chi connectivity index (χ2n) is 6.15. The molecule has 0 spiro atoms. The number of ketones is 1. The van der Waals surface area contributed by atoms with E-state index in [9.17, 15) is 14.4 Å². The number of H-pyrrole nitrogens is 1. The molecule has 1 aromatic heterocycles. The molecule has 6 heteroatoms. The molecule has 0 saturated heterocycles. The number of ether oxygens (including phenoxy) is 2. The van der Waals surface area contributed by atoms with E-state index in [4.69, 9.17) is 9.47 Å². The molecule has 23 heavy (non-hydrogen) atoms. The van der Waals surface area contributed by atoms with Gasteiger partial charge in [0.25, 0.3) is 0 Å². The van der Waals surface area contributed by atoms with Crippen molar-refractivity contribution in [1.29, 1.82) is 0 Å². The van der Waals surface area contributed by atoms with Gasteiger partial charge in [-0.1, -0.05) is 13.8 Å². The molecule has 0 aromatic carbocycles. The lowest BCUT2D eigenvalue weighted by Gasteiger charge is -2.25. The van der Waals surface area contributed by atoms with E-state index < -0.39 is 17.9 Å². The first-order valence-electron chi connectivity index (χ1n) is 7.86. The topological polar surface area (TPSA) is 85.5 Å². The molecular weight excluding hydrogens is 298 g/mol. The van der Waals surface area contributed by atoms with Gasteiger partial charge < -0.3 is 14.5 Å². The van der Waals surface area contributed by atoms with Gasteiger partial charge in [0, 0.05) is 11.3 Å². The molecule has 0 radical (unpaired) electrons. The minimum atomic E-state index is -0.819. The fourth-order valence-electron chi connectivity index (χ4n) is 2.99. The molecule has 0 aliphatic heterocycles. The smallest absolute Gasteiger partial charge is 0.355 e. The van der Waals surface area contributed by atoms with Crippen molar-refractivity contribution in [2.24, 2.45) is 11.8 Å². The Morgan fingerprint density at radius 1 is 1.39 bits per heavy atom. The summed E-state index contributed by atoms with van der Waals surface area (Å²) >= 11 is 0. The van der Waals surface area contributed by atoms with Crippen molar-refractivity contribution in [1.82, 2.24) is 4.98 Å². The Labute approximate surface area is 135 Å². The van der Waals surface area contributed by atoms with E-state index in [0.29, 0.717) is 35.4 Å². The maximum atomic E-state index is 12.7. The molecule has 1 aromatic rings. The quantitative estimate of drug-likeness (QED) is 0.680. The molecule has 1 aliphatic carbocycles. The molecule has 6 nitrogen and oxygen atoms in total. The first kappa shape index (κ1) is 17.2. The van der Waals surface area contributed by atoms with E-state index in [1.54, 1.807) is 6.92 Å². The lowest BCUT2D eigenvalue weighted by atomic mass is 9.77. The van der Waals surface area contributed by atoms with Crippen LogP contribution in [0.3, 0.4) is 0 Å². The van der Waals surface area contributed by atoms with E-state index in [1.807, 2.05) is 20.8 Å². The van der Waals surface area contributed by atoms with Gasteiger partial charge in [0.15, 0.2) is 5.78 Å². The van der Waals surface area contributed by atoms with E-state index in [0.717, 1.165) is 0 Å². The largest absolute Gasteiger partial charge is 0.468 e. The number of rotatable bonds is 4. The van der Waals surface area contributed by atoms with Crippen molar-refractivity contribution in [3.05, 3.63) is 22.5 Å². The number of Topliss-reactive ketones (excluding diaryl/α,β-unsaturated/α-hetero) is 1. The van der Waals surface area contributed by atoms with Gasteiger partial charge in [-0.05, 0) is 38.2 Å². The van der Waals surface area contributed by atoms with Crippen LogP contribution in [-0.2, 0) is 20.7 Å². The highest BCUT2D eigenvalue weighted by Crippen LogP contribution is 2.34. The van der Waals surface area contributed by atoms with Crippen LogP contribution in [-0.4, -0.2) is 35.9 Å². The number of nitrogens with one attached hydrogen (secondary N) is 1. The lowest BCUT2D eigenvalue weighted by molar-refractivity contribution is -0.145. The summed E-state index contributed by atoms with van der Waals surface area (Å²) in [5.41, 5.74) is 1.95. The minimum absolute atomic E-state index is 0.182. The first-order valence-corrected chi connectivity index (χ1v) is 7.86. The van der Waals surface area contributed by atoms with Crippen LogP contribution in [0.1, 0.15) is 59.3 Å². The number of esters is 2. The van der Waals surface area contributed by atoms with Crippen LogP contribution in [0.15, 0.2) is 0 Å². The zero-order valence-corrected chi connectivity index (χ0v) is 14.2. The van der Waals surface area contributed by atoms with E-state index in [-0.39, 0.29) is 17.8 Å². The fourth-order valence-corrected chi connectivity index (χ4v) is 2.99. The Morgan fingerprint density at radius 2 is 2.04 bits per heavy atom. The van der Waals surface area contributed by atoms with Gasteiger partial charge in [0.1, 0.15) is 11.6 Å². The molecule has 3 atom stereocenters. The van der Waals surface area contributed by atoms with E-state index in [1.165, 1.54) is 7.11 Å². The highest BCUT2D eigenvalue weighted by Gasteiger charge is 2.41. The summed E-state index contributed by atoms with van der Waals surface area (Å²) in [6.07, 6.45) is 1.03. The fraction of sp³-hybridized carbons (Fsp3) is 0.588. The Balaban J connectivity index is 2.38. The molecule has 0 amide bonds. The van der Waals surface area contributed by atoms with Crippen LogP contribution in [0.5, 0.6) is 0 Å². The molecule has 2 rings (SSSR count). The third-order valence-electron chi connectivity index (χ3n) is 4.49. The van der Waals surface area contributed by atoms with Gasteiger partial charge in [0.2, 0.25) is 0 Å². The Morgan fingerprint density at radius 3 is 2.61 bits per heavy atom. The van der Waals surface area contributed by atoms with Gasteiger partial charge in [-0.25, -0.2) is 4.79 Å². The second kappa shape index (κ2) is 6.56. The summed E-state index contributed by atoms with van der Waals surface area (Å²) in [4.78, 5) is 39.9. The van der Waals surface area contributed by atoms with Crippen LogP contribution in [0.4, 0.5) is 0 Å². The average molecular weight is 321 g/mol. The molecule has 1 N–H and O–H groups in total. The normalized spacial score (nSPS) is 21.5. The number of aromatic amines is 1. The standard InChI is InChI=1S/C17H23NO5/c1-6-9(3)23-17(21)14-10(4)13-11(18-14)7-8(2)12(15(13)19)16(20)22-5/h8-9,12,18H,6-7H2,1-5H3/t8-,9+,12+/m0/s1. The summed E-state index contributed by atoms with van der Waals surface area (Å²) in [6.45, 7) is 7.27. The Bertz CT molecular complexity index is 646. The number of hydrogen-bond donors (Lipinski definition) is 1. The maximum Gasteiger partial charge on any atom is 0.355 e. The van der Waals surface area contributed by atoms with Crippen LogP contribution in [0.2, 0.25) is 0 Å². The molecule has 0 saturated carbocycles. The summed E-state index contributed by atoms with van der Waals surface area (Å²) < 4.78 is 10.1. The van der Waals surface area contributed by atoms with Crippen molar-refractivity contribution < 1.29 is 23.9 Å². The van der Waals surface area contributed by atoms with Gasteiger partial charge in [0.05, 0.1) is 13.2 Å². The zero-order chi connectivity index (χ0) is 17.3. The number of carbonyl (C=O) groups is 3. The minimum Gasteiger partial charge on any atom is -0.468 e. The second-order valence-corrected chi connectivity index (χ2v) is 6.15. The highest BCUT2D eigenvalue weighted by atomic mass is 16.5. The molecule has 126 valence electrons. The molecule has 0 bridgehead atoms. The SMILES string of the molecule is CC[C@@H](C)OC(=O)c1[nH]c2c(c1C)C(=O)[C@H](C(=O)OC)[C@@H](C)C2. The van der Waals surface area contributed by atoms with Crippen molar-refractivity contribution in [2.45, 2.75) is 46.6 Å². The van der Waals surface area contributed by atoms with Crippen molar-refractivity contribution >= 4 is 17.7 Å². The summed E-state index contributed by atoms with van der Waals surface area (Å²) in [5.74, 6) is -2.29. The molecule has 1 heterocycles. The monoisotopic (exact) mass is 321 g/mol. The average Bonchev–Trinajstić information content (AvgIpc) is 2.83. The zero-order valence-electron chi connectivity index (χ0n) is 14.2. The molecule has 1 aliphatic rings. The number of aromatic nitrogens is 1. The highest BCUT2D eigenvalue weighted by molar-refractivity contribution is 6.12. The third-order valence-corrected chi connectivity index (χ3v) is 4.49. The number of hydrogen-bond acceptors (Lipinski definition) is 5. The van der Waals surface area contributed by atoms with Gasteiger partial charge in [-0.3, -0.25) is 9.59 Å². The first-order chi connectivity index (χ1) is 10.8. The Hall–Kier alpha value is -2.11. The summed E-state index contributed by atoms with van der Waals surface area (Å²) in [6, 6.07) is 0. The van der Waals surface area contributed by atoms with Gasteiger partial charge >= 0.3 is 11.9 Å². The van der Waals surface area contributed by atoms with Crippen molar-refractivity contribution in [3.8, 4) is 0 Å². The van der Waals surface area contributed by atoms with Crippen molar-refractivity contribution in [2.75, 3.05) is 7.11 Å². The number of carbonyl (C=O) groups excluding carboxylic acids is 3. The third kappa shape index (κ3) is 3.02. The van der Waals surface area contributed by atoms with Crippen LogP contribution in [0, 0.1) is 18.8 Å². The van der Waals surface area contributed by atoms with Crippen LogP contribution < -0.4 is 0 Å². The van der Waals surface area contributed by atoms with Crippen LogP contribution >= 0.6 is 0 Å². The predicted molar refractivity (Wildman–Crippen MR) is 83.4 cm³/mol. The predicted octanol–water partition coefficient (Wildman–Crippen LogP) is 2.44. The molecule has 0 fully saturated rings. The summed E-state index contributed by atoms with van der Waals surface area (Å²) in [7, 11) is 1.27. The maximum absolute atomic E-state index is 12.7. The van der Waals surface area contributed by atoms with Gasteiger partial charge in [-0.15, -0.1) is 0 Å².